The zero-order valence-electron chi connectivity index (χ0n) is 14.2. The molecule has 0 saturated heterocycles. The number of aliphatic imine (C=N–C) groups is 1. The molecule has 0 bridgehead atoms. The van der Waals surface area contributed by atoms with E-state index >= 15 is 0 Å². The molecule has 132 valence electrons. The molecule has 1 aromatic heterocycles. The Kier molecular flexibility index (Phi) is 9.97. The molecule has 0 spiro atoms. The van der Waals surface area contributed by atoms with Crippen LogP contribution in [0.1, 0.15) is 34.7 Å². The molecule has 0 unspecified atom stereocenters. The molecule has 0 saturated carbocycles. The molecule has 6 heteroatoms. The number of aliphatic hydroxyl groups is 1. The monoisotopic (exact) mass is 459 g/mol. The maximum atomic E-state index is 9.39. The summed E-state index contributed by atoms with van der Waals surface area (Å²) in [4.78, 5) is 7.33. The fraction of sp³-hybridized carbons (Fsp3) is 0.389. The molecule has 3 N–H and O–H groups in total. The first-order valence-electron chi connectivity index (χ1n) is 8.04. The summed E-state index contributed by atoms with van der Waals surface area (Å²) in [5.41, 5.74) is 1.98. The van der Waals surface area contributed by atoms with E-state index in [4.69, 9.17) is 0 Å². The summed E-state index contributed by atoms with van der Waals surface area (Å²) in [5, 5.41) is 16.0. The second kappa shape index (κ2) is 11.4. The highest BCUT2D eigenvalue weighted by atomic mass is 127. The lowest BCUT2D eigenvalue weighted by molar-refractivity contribution is 0.280. The number of nitrogens with zero attached hydrogens (tertiary/aromatic N) is 1. The molecule has 2 aromatic rings. The molecule has 1 aromatic carbocycles. The van der Waals surface area contributed by atoms with Crippen LogP contribution in [0.5, 0.6) is 0 Å². The summed E-state index contributed by atoms with van der Waals surface area (Å²) >= 11 is 1.84. The normalized spacial score (nSPS) is 11.0. The Morgan fingerprint density at radius 2 is 1.75 bits per heavy atom. The molecule has 24 heavy (non-hydrogen) atoms. The van der Waals surface area contributed by atoms with Crippen LogP contribution in [0.3, 0.4) is 0 Å². The SMILES string of the molecule is CCNC(=NCc1ccccc1CO)NCc1ccc(CC)s1.I. The van der Waals surface area contributed by atoms with Gasteiger partial charge in [0.1, 0.15) is 0 Å². The Bertz CT molecular complexity index is 643. The Morgan fingerprint density at radius 3 is 2.38 bits per heavy atom. The molecule has 0 aliphatic carbocycles. The first kappa shape index (κ1) is 20.9. The van der Waals surface area contributed by atoms with Crippen molar-refractivity contribution in [1.29, 1.82) is 0 Å². The topological polar surface area (TPSA) is 56.7 Å². The summed E-state index contributed by atoms with van der Waals surface area (Å²) in [7, 11) is 0. The van der Waals surface area contributed by atoms with E-state index in [0.29, 0.717) is 6.54 Å². The minimum Gasteiger partial charge on any atom is -0.392 e. The van der Waals surface area contributed by atoms with Gasteiger partial charge in [-0.2, -0.15) is 0 Å². The lowest BCUT2D eigenvalue weighted by atomic mass is 10.1. The van der Waals surface area contributed by atoms with E-state index in [1.165, 1.54) is 9.75 Å². The lowest BCUT2D eigenvalue weighted by Crippen LogP contribution is -2.36. The van der Waals surface area contributed by atoms with Crippen LogP contribution in [0.25, 0.3) is 0 Å². The number of halogens is 1. The smallest absolute Gasteiger partial charge is 0.191 e. The van der Waals surface area contributed by atoms with Crippen LogP contribution in [0.15, 0.2) is 41.4 Å². The summed E-state index contributed by atoms with van der Waals surface area (Å²) in [6, 6.07) is 12.2. The third-order valence-corrected chi connectivity index (χ3v) is 4.77. The van der Waals surface area contributed by atoms with E-state index in [1.54, 1.807) is 0 Å². The van der Waals surface area contributed by atoms with Gasteiger partial charge in [-0.3, -0.25) is 0 Å². The van der Waals surface area contributed by atoms with Crippen molar-refractivity contribution in [2.75, 3.05) is 6.54 Å². The van der Waals surface area contributed by atoms with Gasteiger partial charge in [0, 0.05) is 16.3 Å². The van der Waals surface area contributed by atoms with Gasteiger partial charge in [0.05, 0.1) is 19.7 Å². The zero-order chi connectivity index (χ0) is 16.5. The van der Waals surface area contributed by atoms with Crippen LogP contribution >= 0.6 is 35.3 Å². The highest BCUT2D eigenvalue weighted by molar-refractivity contribution is 14.0. The number of benzene rings is 1. The maximum absolute atomic E-state index is 9.39. The Labute approximate surface area is 165 Å². The van der Waals surface area contributed by atoms with Crippen molar-refractivity contribution in [3.8, 4) is 0 Å². The van der Waals surface area contributed by atoms with Gasteiger partial charge >= 0.3 is 0 Å². The fourth-order valence-electron chi connectivity index (χ4n) is 2.25. The predicted octanol–water partition coefficient (Wildman–Crippen LogP) is 3.68. The number of guanidine groups is 1. The van der Waals surface area contributed by atoms with Gasteiger partial charge < -0.3 is 15.7 Å². The van der Waals surface area contributed by atoms with E-state index in [9.17, 15) is 5.11 Å². The van der Waals surface area contributed by atoms with Crippen molar-refractivity contribution < 1.29 is 5.11 Å². The van der Waals surface area contributed by atoms with Crippen molar-refractivity contribution in [2.24, 2.45) is 4.99 Å². The molecule has 0 amide bonds. The number of hydrogen-bond donors (Lipinski definition) is 3. The minimum atomic E-state index is 0. The molecule has 0 aliphatic heterocycles. The first-order valence-corrected chi connectivity index (χ1v) is 8.85. The van der Waals surface area contributed by atoms with Crippen LogP contribution in [-0.2, 0) is 26.1 Å². The maximum Gasteiger partial charge on any atom is 0.191 e. The van der Waals surface area contributed by atoms with Gasteiger partial charge in [-0.05, 0) is 36.6 Å². The average molecular weight is 459 g/mol. The number of aliphatic hydroxyl groups excluding tert-OH is 1. The predicted molar refractivity (Wildman–Crippen MR) is 113 cm³/mol. The average Bonchev–Trinajstić information content (AvgIpc) is 3.05. The third kappa shape index (κ3) is 6.41. The number of rotatable bonds is 7. The minimum absolute atomic E-state index is 0. The summed E-state index contributed by atoms with van der Waals surface area (Å²) in [5.74, 6) is 0.798. The second-order valence-electron chi connectivity index (χ2n) is 5.20. The van der Waals surface area contributed by atoms with Crippen molar-refractivity contribution >= 4 is 41.3 Å². The van der Waals surface area contributed by atoms with E-state index < -0.39 is 0 Å². The molecular formula is C18H26IN3OS. The van der Waals surface area contributed by atoms with Crippen LogP contribution < -0.4 is 10.6 Å². The lowest BCUT2D eigenvalue weighted by Gasteiger charge is -2.11. The van der Waals surface area contributed by atoms with E-state index in [2.05, 4.69) is 41.6 Å². The molecule has 0 radical (unpaired) electrons. The molecule has 4 nitrogen and oxygen atoms in total. The molecule has 1 heterocycles. The molecule has 0 fully saturated rings. The number of nitrogens with one attached hydrogen (secondary N) is 2. The van der Waals surface area contributed by atoms with E-state index in [1.807, 2.05) is 35.6 Å². The van der Waals surface area contributed by atoms with Crippen LogP contribution in [-0.4, -0.2) is 17.6 Å². The van der Waals surface area contributed by atoms with Gasteiger partial charge in [0.15, 0.2) is 5.96 Å². The summed E-state index contributed by atoms with van der Waals surface area (Å²) in [6.07, 6.45) is 1.08. The summed E-state index contributed by atoms with van der Waals surface area (Å²) < 4.78 is 0. The third-order valence-electron chi connectivity index (χ3n) is 3.54. The second-order valence-corrected chi connectivity index (χ2v) is 6.45. The quantitative estimate of drug-likeness (QED) is 0.337. The Hall–Kier alpha value is -1.12. The Morgan fingerprint density at radius 1 is 1.04 bits per heavy atom. The first-order chi connectivity index (χ1) is 11.3. The zero-order valence-corrected chi connectivity index (χ0v) is 17.4. The van der Waals surface area contributed by atoms with Crippen molar-refractivity contribution in [3.05, 3.63) is 57.3 Å². The van der Waals surface area contributed by atoms with Gasteiger partial charge in [0.2, 0.25) is 0 Å². The van der Waals surface area contributed by atoms with Crippen LogP contribution in [0.4, 0.5) is 0 Å². The Balaban J connectivity index is 0.00000288. The van der Waals surface area contributed by atoms with Crippen molar-refractivity contribution in [2.45, 2.75) is 40.0 Å². The van der Waals surface area contributed by atoms with E-state index in [0.717, 1.165) is 36.6 Å². The standard InChI is InChI=1S/C18H25N3OS.HI/c1-3-16-9-10-17(23-16)12-21-18(19-4-2)20-11-14-7-5-6-8-15(14)13-22;/h5-10,22H,3-4,11-13H2,1-2H3,(H2,19,20,21);1H. The highest BCUT2D eigenvalue weighted by Crippen LogP contribution is 2.16. The number of aryl methyl sites for hydroxylation is 1. The molecule has 0 atom stereocenters. The van der Waals surface area contributed by atoms with Gasteiger partial charge in [-0.1, -0.05) is 31.2 Å². The fourth-order valence-corrected chi connectivity index (χ4v) is 3.15. The number of thiophene rings is 1. The largest absolute Gasteiger partial charge is 0.392 e. The van der Waals surface area contributed by atoms with E-state index in [-0.39, 0.29) is 30.6 Å². The van der Waals surface area contributed by atoms with Crippen molar-refractivity contribution in [3.63, 3.8) is 0 Å². The van der Waals surface area contributed by atoms with Gasteiger partial charge in [0.25, 0.3) is 0 Å². The van der Waals surface area contributed by atoms with Crippen LogP contribution in [0, 0.1) is 0 Å². The molecule has 0 aliphatic rings. The number of hydrogen-bond acceptors (Lipinski definition) is 3. The van der Waals surface area contributed by atoms with Gasteiger partial charge in [-0.25, -0.2) is 4.99 Å². The highest BCUT2D eigenvalue weighted by Gasteiger charge is 2.03. The van der Waals surface area contributed by atoms with Gasteiger partial charge in [-0.15, -0.1) is 35.3 Å². The summed E-state index contributed by atoms with van der Waals surface area (Å²) in [6.45, 7) is 6.42. The molecule has 2 rings (SSSR count). The van der Waals surface area contributed by atoms with Crippen LogP contribution in [0.2, 0.25) is 0 Å². The van der Waals surface area contributed by atoms with Crippen molar-refractivity contribution in [1.82, 2.24) is 10.6 Å². The molecular weight excluding hydrogens is 433 g/mol.